The molecule has 0 bridgehead atoms. The van der Waals surface area contributed by atoms with Crippen LogP contribution in [0.2, 0.25) is 0 Å². The molecule has 0 radical (unpaired) electrons. The van der Waals surface area contributed by atoms with Crippen LogP contribution in [0.25, 0.3) is 0 Å². The Balaban J connectivity index is 1.72. The van der Waals surface area contributed by atoms with Gasteiger partial charge in [-0.1, -0.05) is 90.4 Å². The predicted octanol–water partition coefficient (Wildman–Crippen LogP) is 6.41. The molecule has 0 saturated carbocycles. The van der Waals surface area contributed by atoms with E-state index in [9.17, 15) is 4.79 Å². The quantitative estimate of drug-likeness (QED) is 0.304. The van der Waals surface area contributed by atoms with Crippen molar-refractivity contribution in [3.63, 3.8) is 0 Å². The number of hydroxylamine groups is 2. The molecule has 0 aromatic rings. The van der Waals surface area contributed by atoms with Crippen LogP contribution in [-0.4, -0.2) is 24.1 Å². The monoisotopic (exact) mass is 339 g/mol. The van der Waals surface area contributed by atoms with Gasteiger partial charge in [0.15, 0.2) is 0 Å². The smallest absolute Gasteiger partial charge is 0.325 e. The van der Waals surface area contributed by atoms with Crippen LogP contribution in [0.3, 0.4) is 0 Å². The van der Waals surface area contributed by atoms with Crippen LogP contribution in [0, 0.1) is 0 Å². The van der Waals surface area contributed by atoms with Crippen LogP contribution in [0.4, 0.5) is 0 Å². The van der Waals surface area contributed by atoms with Crippen LogP contribution >= 0.6 is 0 Å². The normalized spacial score (nSPS) is 15.0. The van der Waals surface area contributed by atoms with Crippen LogP contribution in [0.15, 0.2) is 0 Å². The third-order valence-electron chi connectivity index (χ3n) is 5.03. The number of hydrogen-bond donors (Lipinski definition) is 0. The highest BCUT2D eigenvalue weighted by Crippen LogP contribution is 2.14. The Hall–Kier alpha value is -0.570. The molecule has 0 N–H and O–H groups in total. The zero-order valence-electron chi connectivity index (χ0n) is 16.2. The standard InChI is InChI=1S/C21H41NO2/c1-2-3-4-5-6-7-8-9-10-11-12-13-14-15-18-21(23)24-22-19-16-17-20-22/h2-20H2,1H3. The summed E-state index contributed by atoms with van der Waals surface area (Å²) >= 11 is 0. The summed E-state index contributed by atoms with van der Waals surface area (Å²) < 4.78 is 0. The molecule has 0 aliphatic carbocycles. The fraction of sp³-hybridized carbons (Fsp3) is 0.952. The minimum absolute atomic E-state index is 0.0316. The topological polar surface area (TPSA) is 29.5 Å². The van der Waals surface area contributed by atoms with Gasteiger partial charge in [-0.05, 0) is 19.3 Å². The lowest BCUT2D eigenvalue weighted by Crippen LogP contribution is -2.23. The summed E-state index contributed by atoms with van der Waals surface area (Å²) in [5.74, 6) is -0.0316. The lowest BCUT2D eigenvalue weighted by molar-refractivity contribution is -0.185. The largest absolute Gasteiger partial charge is 0.368 e. The van der Waals surface area contributed by atoms with Gasteiger partial charge in [-0.2, -0.15) is 0 Å². The third kappa shape index (κ3) is 12.8. The van der Waals surface area contributed by atoms with Crippen molar-refractivity contribution >= 4 is 5.97 Å². The fourth-order valence-corrected chi connectivity index (χ4v) is 3.43. The minimum Gasteiger partial charge on any atom is -0.368 e. The van der Waals surface area contributed by atoms with Gasteiger partial charge in [-0.15, -0.1) is 5.06 Å². The highest BCUT2D eigenvalue weighted by Gasteiger charge is 2.15. The van der Waals surface area contributed by atoms with Crippen LogP contribution in [0.5, 0.6) is 0 Å². The number of carbonyl (C=O) groups is 1. The minimum atomic E-state index is -0.0316. The molecule has 1 saturated heterocycles. The number of unbranched alkanes of at least 4 members (excludes halogenated alkanes) is 13. The first kappa shape index (κ1) is 21.5. The highest BCUT2D eigenvalue weighted by molar-refractivity contribution is 5.68. The number of nitrogens with zero attached hydrogens (tertiary/aromatic N) is 1. The van der Waals surface area contributed by atoms with Gasteiger partial charge < -0.3 is 4.84 Å². The van der Waals surface area contributed by atoms with E-state index in [1.54, 1.807) is 0 Å². The van der Waals surface area contributed by atoms with E-state index in [4.69, 9.17) is 4.84 Å². The molecule has 0 spiro atoms. The Morgan fingerprint density at radius 2 is 1.12 bits per heavy atom. The Labute approximate surface area is 150 Å². The van der Waals surface area contributed by atoms with Crippen molar-refractivity contribution in [2.75, 3.05) is 13.1 Å². The maximum atomic E-state index is 11.7. The Morgan fingerprint density at radius 1 is 0.708 bits per heavy atom. The molecule has 0 unspecified atom stereocenters. The first-order valence-corrected chi connectivity index (χ1v) is 10.8. The van der Waals surface area contributed by atoms with E-state index in [-0.39, 0.29) is 5.97 Å². The molecule has 142 valence electrons. The molecule has 1 aliphatic rings. The van der Waals surface area contributed by atoms with Crippen molar-refractivity contribution < 1.29 is 9.63 Å². The second-order valence-corrected chi connectivity index (χ2v) is 7.45. The Kier molecular flexibility index (Phi) is 14.3. The zero-order chi connectivity index (χ0) is 17.3. The van der Waals surface area contributed by atoms with Gasteiger partial charge in [0.05, 0.1) is 0 Å². The van der Waals surface area contributed by atoms with Crippen molar-refractivity contribution in [2.24, 2.45) is 0 Å². The molecular weight excluding hydrogens is 298 g/mol. The molecule has 3 nitrogen and oxygen atoms in total. The first-order chi connectivity index (χ1) is 11.8. The van der Waals surface area contributed by atoms with E-state index in [0.29, 0.717) is 6.42 Å². The number of carbonyl (C=O) groups excluding carboxylic acids is 1. The number of rotatable bonds is 16. The van der Waals surface area contributed by atoms with Gasteiger partial charge in [0.2, 0.25) is 0 Å². The summed E-state index contributed by atoms with van der Waals surface area (Å²) in [5.41, 5.74) is 0. The van der Waals surface area contributed by atoms with Crippen molar-refractivity contribution in [2.45, 2.75) is 116 Å². The maximum absolute atomic E-state index is 11.7. The Bertz CT molecular complexity index is 288. The summed E-state index contributed by atoms with van der Waals surface area (Å²) in [4.78, 5) is 17.0. The summed E-state index contributed by atoms with van der Waals surface area (Å²) in [5, 5.41) is 1.83. The average Bonchev–Trinajstić information content (AvgIpc) is 3.08. The molecule has 1 aliphatic heterocycles. The van der Waals surface area contributed by atoms with E-state index in [1.165, 1.54) is 83.5 Å². The van der Waals surface area contributed by atoms with Gasteiger partial charge in [0.25, 0.3) is 0 Å². The van der Waals surface area contributed by atoms with Gasteiger partial charge >= 0.3 is 5.97 Å². The molecule has 1 heterocycles. The van der Waals surface area contributed by atoms with E-state index in [2.05, 4.69) is 6.92 Å². The van der Waals surface area contributed by atoms with Crippen molar-refractivity contribution in [1.82, 2.24) is 5.06 Å². The fourth-order valence-electron chi connectivity index (χ4n) is 3.43. The molecule has 24 heavy (non-hydrogen) atoms. The molecule has 0 aromatic carbocycles. The second-order valence-electron chi connectivity index (χ2n) is 7.45. The molecule has 1 rings (SSSR count). The second kappa shape index (κ2) is 15.9. The molecule has 0 amide bonds. The highest BCUT2D eigenvalue weighted by atomic mass is 16.7. The molecule has 1 fully saturated rings. The number of hydrogen-bond acceptors (Lipinski definition) is 3. The molecular formula is C21H41NO2. The van der Waals surface area contributed by atoms with Crippen molar-refractivity contribution in [3.8, 4) is 0 Å². The van der Waals surface area contributed by atoms with Gasteiger partial charge in [-0.25, -0.2) is 0 Å². The lowest BCUT2D eigenvalue weighted by atomic mass is 10.0. The summed E-state index contributed by atoms with van der Waals surface area (Å²) in [6, 6.07) is 0. The van der Waals surface area contributed by atoms with Gasteiger partial charge in [0, 0.05) is 19.5 Å². The van der Waals surface area contributed by atoms with Crippen LogP contribution < -0.4 is 0 Å². The average molecular weight is 340 g/mol. The molecule has 0 atom stereocenters. The SMILES string of the molecule is CCCCCCCCCCCCCCCCC(=O)ON1CCCC1. The van der Waals surface area contributed by atoms with E-state index < -0.39 is 0 Å². The summed E-state index contributed by atoms with van der Waals surface area (Å²) in [7, 11) is 0. The van der Waals surface area contributed by atoms with Gasteiger partial charge in [0.1, 0.15) is 0 Å². The van der Waals surface area contributed by atoms with E-state index in [1.807, 2.05) is 5.06 Å². The van der Waals surface area contributed by atoms with Crippen LogP contribution in [0.1, 0.15) is 116 Å². The third-order valence-corrected chi connectivity index (χ3v) is 5.03. The zero-order valence-corrected chi connectivity index (χ0v) is 16.2. The summed E-state index contributed by atoms with van der Waals surface area (Å²) in [6.45, 7) is 4.12. The van der Waals surface area contributed by atoms with E-state index >= 15 is 0 Å². The van der Waals surface area contributed by atoms with Crippen LogP contribution in [-0.2, 0) is 9.63 Å². The van der Waals surface area contributed by atoms with Crippen molar-refractivity contribution in [3.05, 3.63) is 0 Å². The van der Waals surface area contributed by atoms with Gasteiger partial charge in [-0.3, -0.25) is 4.79 Å². The Morgan fingerprint density at radius 3 is 1.58 bits per heavy atom. The lowest BCUT2D eigenvalue weighted by Gasteiger charge is -2.13. The predicted molar refractivity (Wildman–Crippen MR) is 102 cm³/mol. The molecule has 3 heteroatoms. The first-order valence-electron chi connectivity index (χ1n) is 10.8. The van der Waals surface area contributed by atoms with Crippen molar-refractivity contribution in [1.29, 1.82) is 0 Å². The summed E-state index contributed by atoms with van der Waals surface area (Å²) in [6.07, 6.45) is 21.8. The maximum Gasteiger partial charge on any atom is 0.325 e. The molecule has 0 aromatic heterocycles. The van der Waals surface area contributed by atoms with E-state index in [0.717, 1.165) is 32.4 Å².